The van der Waals surface area contributed by atoms with E-state index >= 15 is 0 Å². The van der Waals surface area contributed by atoms with Crippen LogP contribution in [0.3, 0.4) is 0 Å². The summed E-state index contributed by atoms with van der Waals surface area (Å²) in [6.07, 6.45) is 0. The first-order valence-corrected chi connectivity index (χ1v) is 8.89. The number of nitrogens with one attached hydrogen (secondary N) is 1. The number of anilines is 1. The van der Waals surface area contributed by atoms with Crippen molar-refractivity contribution in [1.29, 1.82) is 0 Å². The van der Waals surface area contributed by atoms with Crippen LogP contribution in [0.1, 0.15) is 17.3 Å². The Hall–Kier alpha value is -2.54. The molecule has 0 atom stereocenters. The van der Waals surface area contributed by atoms with Crippen molar-refractivity contribution in [3.63, 3.8) is 0 Å². The predicted molar refractivity (Wildman–Crippen MR) is 92.9 cm³/mol. The molecule has 0 saturated carbocycles. The molecule has 0 fully saturated rings. The third-order valence-electron chi connectivity index (χ3n) is 3.21. The van der Waals surface area contributed by atoms with Crippen molar-refractivity contribution in [2.24, 2.45) is 0 Å². The van der Waals surface area contributed by atoms with E-state index in [1.165, 1.54) is 23.1 Å². The van der Waals surface area contributed by atoms with Gasteiger partial charge in [-0.2, -0.15) is 0 Å². The van der Waals surface area contributed by atoms with Gasteiger partial charge in [0.2, 0.25) is 0 Å². The minimum atomic E-state index is -3.74. The minimum absolute atomic E-state index is 0.121. The summed E-state index contributed by atoms with van der Waals surface area (Å²) in [7, 11) is -0.462. The number of carbonyl (C=O) groups excluding carboxylic acids is 1. The van der Waals surface area contributed by atoms with Gasteiger partial charge in [0.25, 0.3) is 15.9 Å². The zero-order valence-corrected chi connectivity index (χ0v) is 14.6. The van der Waals surface area contributed by atoms with Gasteiger partial charge in [-0.05, 0) is 49.4 Å². The van der Waals surface area contributed by atoms with Gasteiger partial charge in [-0.1, -0.05) is 6.07 Å². The van der Waals surface area contributed by atoms with Crippen LogP contribution >= 0.6 is 0 Å². The fourth-order valence-corrected chi connectivity index (χ4v) is 3.12. The molecule has 0 heterocycles. The van der Waals surface area contributed by atoms with Crippen molar-refractivity contribution in [3.8, 4) is 5.75 Å². The second-order valence-corrected chi connectivity index (χ2v) is 6.97. The Morgan fingerprint density at radius 2 is 1.79 bits per heavy atom. The number of hydrogen-bond donors (Lipinski definition) is 1. The van der Waals surface area contributed by atoms with E-state index in [0.29, 0.717) is 23.6 Å². The summed E-state index contributed by atoms with van der Waals surface area (Å²) in [4.78, 5) is 13.5. The number of sulfonamides is 1. The maximum absolute atomic E-state index is 12.4. The van der Waals surface area contributed by atoms with E-state index in [2.05, 4.69) is 4.72 Å². The highest BCUT2D eigenvalue weighted by atomic mass is 32.2. The van der Waals surface area contributed by atoms with Crippen LogP contribution in [0.5, 0.6) is 5.75 Å². The molecule has 0 saturated heterocycles. The van der Waals surface area contributed by atoms with E-state index in [-0.39, 0.29) is 10.8 Å². The Morgan fingerprint density at radius 1 is 1.12 bits per heavy atom. The van der Waals surface area contributed by atoms with Crippen LogP contribution in [-0.2, 0) is 10.0 Å². The summed E-state index contributed by atoms with van der Waals surface area (Å²) in [5, 5.41) is 0. The van der Waals surface area contributed by atoms with E-state index in [4.69, 9.17) is 4.74 Å². The molecule has 2 rings (SSSR count). The van der Waals surface area contributed by atoms with Gasteiger partial charge in [0.15, 0.2) is 0 Å². The van der Waals surface area contributed by atoms with Crippen molar-refractivity contribution in [2.45, 2.75) is 11.8 Å². The van der Waals surface area contributed by atoms with Gasteiger partial charge < -0.3 is 9.64 Å². The second kappa shape index (κ2) is 7.35. The Balaban J connectivity index is 2.23. The lowest BCUT2D eigenvalue weighted by Crippen LogP contribution is -2.22. The lowest BCUT2D eigenvalue weighted by atomic mass is 10.2. The van der Waals surface area contributed by atoms with Crippen LogP contribution in [-0.4, -0.2) is 39.9 Å². The molecule has 7 heteroatoms. The summed E-state index contributed by atoms with van der Waals surface area (Å²) in [5.41, 5.74) is 0.739. The average molecular weight is 348 g/mol. The van der Waals surface area contributed by atoms with Gasteiger partial charge in [-0.3, -0.25) is 9.52 Å². The number of hydrogen-bond acceptors (Lipinski definition) is 4. The molecule has 1 N–H and O–H groups in total. The number of rotatable bonds is 6. The predicted octanol–water partition coefficient (Wildman–Crippen LogP) is 2.59. The molecule has 0 unspecified atom stereocenters. The highest BCUT2D eigenvalue weighted by Crippen LogP contribution is 2.20. The molecule has 24 heavy (non-hydrogen) atoms. The van der Waals surface area contributed by atoms with Crippen molar-refractivity contribution in [1.82, 2.24) is 4.90 Å². The maximum atomic E-state index is 12.4. The second-order valence-electron chi connectivity index (χ2n) is 5.29. The number of carbonyl (C=O) groups is 1. The minimum Gasteiger partial charge on any atom is -0.494 e. The first kappa shape index (κ1) is 17.8. The Morgan fingerprint density at radius 3 is 2.38 bits per heavy atom. The van der Waals surface area contributed by atoms with Crippen LogP contribution in [0, 0.1) is 0 Å². The molecule has 128 valence electrons. The zero-order valence-electron chi connectivity index (χ0n) is 13.8. The number of benzene rings is 2. The van der Waals surface area contributed by atoms with Crippen molar-refractivity contribution >= 4 is 21.6 Å². The highest BCUT2D eigenvalue weighted by molar-refractivity contribution is 7.92. The van der Waals surface area contributed by atoms with Crippen molar-refractivity contribution in [3.05, 3.63) is 54.1 Å². The lowest BCUT2D eigenvalue weighted by molar-refractivity contribution is 0.0827. The summed E-state index contributed by atoms with van der Waals surface area (Å²) in [6, 6.07) is 12.5. The molecule has 0 aliphatic carbocycles. The maximum Gasteiger partial charge on any atom is 0.261 e. The zero-order chi connectivity index (χ0) is 17.7. The Labute approximate surface area is 142 Å². The molecule has 1 amide bonds. The smallest absolute Gasteiger partial charge is 0.261 e. The van der Waals surface area contributed by atoms with E-state index in [9.17, 15) is 13.2 Å². The van der Waals surface area contributed by atoms with E-state index in [1.807, 2.05) is 6.92 Å². The van der Waals surface area contributed by atoms with Crippen molar-refractivity contribution < 1.29 is 17.9 Å². The molecule has 0 spiro atoms. The number of amides is 1. The van der Waals surface area contributed by atoms with Crippen LogP contribution in [0.2, 0.25) is 0 Å². The van der Waals surface area contributed by atoms with Crippen LogP contribution < -0.4 is 9.46 Å². The molecule has 0 aliphatic rings. The first-order valence-electron chi connectivity index (χ1n) is 7.41. The molecule has 0 radical (unpaired) electrons. The molecular weight excluding hydrogens is 328 g/mol. The average Bonchev–Trinajstić information content (AvgIpc) is 2.54. The van der Waals surface area contributed by atoms with Gasteiger partial charge in [-0.25, -0.2) is 8.42 Å². The molecule has 0 aromatic heterocycles. The Bertz CT molecular complexity index is 815. The fraction of sp³-hybridized carbons (Fsp3) is 0.235. The standard InChI is InChI=1S/C17H20N2O4S/c1-4-23-15-8-10-16(11-9-15)24(21,22)18-14-7-5-6-13(12-14)17(20)19(2)3/h5-12,18H,4H2,1-3H3. The quantitative estimate of drug-likeness (QED) is 0.870. The van der Waals surface area contributed by atoms with Gasteiger partial charge in [0.1, 0.15) is 5.75 Å². The summed E-state index contributed by atoms with van der Waals surface area (Å²) >= 11 is 0. The third-order valence-corrected chi connectivity index (χ3v) is 4.61. The van der Waals surface area contributed by atoms with E-state index in [0.717, 1.165) is 0 Å². The van der Waals surface area contributed by atoms with Crippen LogP contribution in [0.15, 0.2) is 53.4 Å². The number of nitrogens with zero attached hydrogens (tertiary/aromatic N) is 1. The summed E-state index contributed by atoms with van der Waals surface area (Å²) in [5.74, 6) is 0.409. The molecule has 2 aromatic carbocycles. The van der Waals surface area contributed by atoms with E-state index in [1.54, 1.807) is 44.4 Å². The topological polar surface area (TPSA) is 75.7 Å². The monoisotopic (exact) mass is 348 g/mol. The molecular formula is C17H20N2O4S. The number of ether oxygens (including phenoxy) is 1. The van der Waals surface area contributed by atoms with Gasteiger partial charge >= 0.3 is 0 Å². The molecule has 0 bridgehead atoms. The normalized spacial score (nSPS) is 11.0. The Kier molecular flexibility index (Phi) is 5.46. The molecule has 6 nitrogen and oxygen atoms in total. The third kappa shape index (κ3) is 4.26. The SMILES string of the molecule is CCOc1ccc(S(=O)(=O)Nc2cccc(C(=O)N(C)C)c2)cc1. The lowest BCUT2D eigenvalue weighted by Gasteiger charge is -2.12. The molecule has 2 aromatic rings. The van der Waals surface area contributed by atoms with E-state index < -0.39 is 10.0 Å². The fourth-order valence-electron chi connectivity index (χ4n) is 2.07. The summed E-state index contributed by atoms with van der Waals surface area (Å²) in [6.45, 7) is 2.37. The largest absolute Gasteiger partial charge is 0.494 e. The molecule has 0 aliphatic heterocycles. The van der Waals surface area contributed by atoms with Crippen LogP contribution in [0.25, 0.3) is 0 Å². The van der Waals surface area contributed by atoms with Gasteiger partial charge in [0, 0.05) is 25.3 Å². The highest BCUT2D eigenvalue weighted by Gasteiger charge is 2.15. The van der Waals surface area contributed by atoms with Gasteiger partial charge in [0.05, 0.1) is 11.5 Å². The van der Waals surface area contributed by atoms with Gasteiger partial charge in [-0.15, -0.1) is 0 Å². The first-order chi connectivity index (χ1) is 11.3. The summed E-state index contributed by atoms with van der Waals surface area (Å²) < 4.78 is 32.7. The van der Waals surface area contributed by atoms with Crippen molar-refractivity contribution in [2.75, 3.05) is 25.4 Å². The van der Waals surface area contributed by atoms with Crippen LogP contribution in [0.4, 0.5) is 5.69 Å².